The summed E-state index contributed by atoms with van der Waals surface area (Å²) in [6.07, 6.45) is 2.44. The highest BCUT2D eigenvalue weighted by Gasteiger charge is 2.35. The van der Waals surface area contributed by atoms with Gasteiger partial charge in [0.15, 0.2) is 5.84 Å². The van der Waals surface area contributed by atoms with Crippen molar-refractivity contribution in [3.05, 3.63) is 59.7 Å². The van der Waals surface area contributed by atoms with Crippen LogP contribution in [-0.2, 0) is 4.79 Å². The lowest BCUT2D eigenvalue weighted by Crippen LogP contribution is -2.35. The number of ether oxygens (including phenoxy) is 3. The molecule has 0 spiro atoms. The number of carbonyl (C=O) groups excluding carboxylic acids is 1. The lowest BCUT2D eigenvalue weighted by atomic mass is 10.1. The van der Waals surface area contributed by atoms with Gasteiger partial charge in [-0.3, -0.25) is 10.2 Å². The van der Waals surface area contributed by atoms with Gasteiger partial charge in [0.2, 0.25) is 5.17 Å². The van der Waals surface area contributed by atoms with Crippen molar-refractivity contribution in [2.75, 3.05) is 20.3 Å². The first-order chi connectivity index (χ1) is 16.4. The number of methoxy groups -OCH3 is 1. The number of thioether (sulfide) groups is 1. The minimum atomic E-state index is -0.431. The highest BCUT2D eigenvalue weighted by molar-refractivity contribution is 8.26. The second-order valence-electron chi connectivity index (χ2n) is 8.06. The van der Waals surface area contributed by atoms with Gasteiger partial charge in [-0.1, -0.05) is 32.0 Å². The van der Waals surface area contributed by atoms with E-state index in [1.165, 1.54) is 16.8 Å². The van der Waals surface area contributed by atoms with Gasteiger partial charge in [0.25, 0.3) is 5.91 Å². The molecular formula is C25H26N4O4S. The van der Waals surface area contributed by atoms with Crippen LogP contribution in [0.5, 0.6) is 17.2 Å². The molecule has 2 heterocycles. The Hall–Kier alpha value is -3.59. The Labute approximate surface area is 202 Å². The summed E-state index contributed by atoms with van der Waals surface area (Å²) < 4.78 is 16.6. The topological polar surface area (TPSA) is 96.6 Å². The fourth-order valence-corrected chi connectivity index (χ4v) is 4.40. The molecule has 1 N–H and O–H groups in total. The molecule has 176 valence electrons. The van der Waals surface area contributed by atoms with Crippen molar-refractivity contribution >= 4 is 39.8 Å². The SMILES string of the molecule is COc1cccc(OCCOc2ccc(/C=C3\C(=N)N4N=C(CC(C)C)SC4=NC3=O)cc2)c1. The molecule has 2 aromatic carbocycles. The number of hydrazone groups is 1. The van der Waals surface area contributed by atoms with E-state index in [4.69, 9.17) is 19.6 Å². The van der Waals surface area contributed by atoms with Gasteiger partial charge in [0, 0.05) is 12.5 Å². The molecule has 2 aliphatic heterocycles. The summed E-state index contributed by atoms with van der Waals surface area (Å²) in [5.74, 6) is 2.17. The van der Waals surface area contributed by atoms with E-state index in [9.17, 15) is 4.79 Å². The summed E-state index contributed by atoms with van der Waals surface area (Å²) in [7, 11) is 1.61. The van der Waals surface area contributed by atoms with Gasteiger partial charge in [0.1, 0.15) is 35.5 Å². The van der Waals surface area contributed by atoms with Crippen LogP contribution in [0.1, 0.15) is 25.8 Å². The predicted molar refractivity (Wildman–Crippen MR) is 135 cm³/mol. The zero-order chi connectivity index (χ0) is 24.1. The van der Waals surface area contributed by atoms with Crippen LogP contribution in [0.15, 0.2) is 64.2 Å². The Kier molecular flexibility index (Phi) is 7.32. The Balaban J connectivity index is 1.34. The molecule has 0 aliphatic carbocycles. The smallest absolute Gasteiger partial charge is 0.283 e. The quantitative estimate of drug-likeness (QED) is 0.410. The van der Waals surface area contributed by atoms with E-state index >= 15 is 0 Å². The van der Waals surface area contributed by atoms with Gasteiger partial charge in [0.05, 0.1) is 12.7 Å². The van der Waals surface area contributed by atoms with Crippen LogP contribution in [-0.4, -0.2) is 47.3 Å². The van der Waals surface area contributed by atoms with Gasteiger partial charge >= 0.3 is 0 Å². The van der Waals surface area contributed by atoms with E-state index in [0.717, 1.165) is 22.8 Å². The molecule has 34 heavy (non-hydrogen) atoms. The van der Waals surface area contributed by atoms with Crippen LogP contribution in [0.3, 0.4) is 0 Å². The molecule has 9 heteroatoms. The molecule has 2 aromatic rings. The molecule has 0 unspecified atom stereocenters. The number of carbonyl (C=O) groups is 1. The van der Waals surface area contributed by atoms with E-state index < -0.39 is 5.91 Å². The van der Waals surface area contributed by atoms with Crippen molar-refractivity contribution in [1.82, 2.24) is 5.01 Å². The molecule has 0 radical (unpaired) electrons. The van der Waals surface area contributed by atoms with Crippen molar-refractivity contribution in [3.63, 3.8) is 0 Å². The molecule has 2 aliphatic rings. The number of amides is 1. The summed E-state index contributed by atoms with van der Waals surface area (Å²) in [4.78, 5) is 16.7. The van der Waals surface area contributed by atoms with Crippen molar-refractivity contribution in [2.24, 2.45) is 16.0 Å². The number of rotatable bonds is 9. The van der Waals surface area contributed by atoms with Crippen LogP contribution in [0.4, 0.5) is 0 Å². The van der Waals surface area contributed by atoms with Gasteiger partial charge < -0.3 is 14.2 Å². The molecular weight excluding hydrogens is 452 g/mol. The van der Waals surface area contributed by atoms with E-state index in [0.29, 0.717) is 35.8 Å². The van der Waals surface area contributed by atoms with Gasteiger partial charge in [-0.25, -0.2) is 0 Å². The molecule has 0 atom stereocenters. The minimum absolute atomic E-state index is 0.0382. The van der Waals surface area contributed by atoms with Gasteiger partial charge in [-0.2, -0.15) is 15.1 Å². The van der Waals surface area contributed by atoms with Crippen LogP contribution in [0.2, 0.25) is 0 Å². The summed E-state index contributed by atoms with van der Waals surface area (Å²) in [6.45, 7) is 4.97. The van der Waals surface area contributed by atoms with Crippen molar-refractivity contribution in [3.8, 4) is 17.2 Å². The Morgan fingerprint density at radius 3 is 2.47 bits per heavy atom. The highest BCUT2D eigenvalue weighted by Crippen LogP contribution is 2.30. The first kappa shape index (κ1) is 23.6. The normalized spacial score (nSPS) is 16.5. The third-order valence-electron chi connectivity index (χ3n) is 4.93. The summed E-state index contributed by atoms with van der Waals surface area (Å²) >= 11 is 1.35. The second kappa shape index (κ2) is 10.6. The number of nitrogens with one attached hydrogen (secondary N) is 1. The largest absolute Gasteiger partial charge is 0.497 e. The monoisotopic (exact) mass is 478 g/mol. The van der Waals surface area contributed by atoms with Crippen LogP contribution in [0, 0.1) is 11.3 Å². The van der Waals surface area contributed by atoms with E-state index in [1.807, 2.05) is 48.5 Å². The van der Waals surface area contributed by atoms with E-state index in [1.54, 1.807) is 13.2 Å². The first-order valence-corrected chi connectivity index (χ1v) is 11.7. The Morgan fingerprint density at radius 1 is 1.06 bits per heavy atom. The molecule has 8 nitrogen and oxygen atoms in total. The maximum atomic E-state index is 12.5. The van der Waals surface area contributed by atoms with Gasteiger partial charge in [-0.15, -0.1) is 0 Å². The third-order valence-corrected chi connectivity index (χ3v) is 5.86. The number of benzene rings is 2. The molecule has 0 bridgehead atoms. The number of hydrogen-bond acceptors (Lipinski definition) is 7. The van der Waals surface area contributed by atoms with Crippen molar-refractivity contribution in [2.45, 2.75) is 20.3 Å². The number of fused-ring (bicyclic) bond motifs is 1. The predicted octanol–water partition coefficient (Wildman–Crippen LogP) is 4.82. The van der Waals surface area contributed by atoms with Crippen LogP contribution >= 0.6 is 11.8 Å². The standard InChI is InChI=1S/C25H26N4O4S/c1-16(2)13-22-28-29-23(26)21(24(30)27-25(29)34-22)14-17-7-9-18(10-8-17)32-11-12-33-20-6-4-5-19(15-20)31-3/h4-10,14-16,26H,11-13H2,1-3H3/b21-14+,26-23?. The van der Waals surface area contributed by atoms with Gasteiger partial charge in [-0.05, 0) is 53.6 Å². The van der Waals surface area contributed by atoms with Crippen molar-refractivity contribution in [1.29, 1.82) is 5.41 Å². The fourth-order valence-electron chi connectivity index (χ4n) is 3.30. The summed E-state index contributed by atoms with van der Waals surface area (Å²) in [5, 5.41) is 15.7. The van der Waals surface area contributed by atoms with E-state index in [-0.39, 0.29) is 11.4 Å². The lowest BCUT2D eigenvalue weighted by molar-refractivity contribution is -0.114. The molecule has 4 rings (SSSR count). The molecule has 0 saturated heterocycles. The zero-order valence-electron chi connectivity index (χ0n) is 19.3. The second-order valence-corrected chi connectivity index (χ2v) is 9.10. The Morgan fingerprint density at radius 2 is 1.76 bits per heavy atom. The number of aliphatic imine (C=N–C) groups is 1. The van der Waals surface area contributed by atoms with Crippen LogP contribution < -0.4 is 14.2 Å². The highest BCUT2D eigenvalue weighted by atomic mass is 32.2. The Bertz CT molecular complexity index is 1170. The van der Waals surface area contributed by atoms with Crippen LogP contribution in [0.25, 0.3) is 6.08 Å². The average Bonchev–Trinajstić information content (AvgIpc) is 3.22. The summed E-state index contributed by atoms with van der Waals surface area (Å²) in [5.41, 5.74) is 0.976. The number of amidine groups is 2. The van der Waals surface area contributed by atoms with E-state index in [2.05, 4.69) is 23.9 Å². The molecule has 0 aromatic heterocycles. The number of nitrogens with zero attached hydrogens (tertiary/aromatic N) is 3. The zero-order valence-corrected chi connectivity index (χ0v) is 20.1. The molecule has 1 amide bonds. The number of hydrogen-bond donors (Lipinski definition) is 1. The molecule has 0 fully saturated rings. The maximum absolute atomic E-state index is 12.5. The maximum Gasteiger partial charge on any atom is 0.283 e. The minimum Gasteiger partial charge on any atom is -0.497 e. The third kappa shape index (κ3) is 5.66. The first-order valence-electron chi connectivity index (χ1n) is 10.9. The van der Waals surface area contributed by atoms with Crippen molar-refractivity contribution < 1.29 is 19.0 Å². The lowest BCUT2D eigenvalue weighted by Gasteiger charge is -2.20. The summed E-state index contributed by atoms with van der Waals surface area (Å²) in [6, 6.07) is 14.7. The molecule has 0 saturated carbocycles. The fraction of sp³-hybridized carbons (Fsp3) is 0.280. The average molecular weight is 479 g/mol.